The molecule has 1 N–H and O–H groups in total. The Labute approximate surface area is 97.2 Å². The van der Waals surface area contributed by atoms with E-state index in [0.717, 1.165) is 37.4 Å². The molecule has 16 heavy (non-hydrogen) atoms. The van der Waals surface area contributed by atoms with E-state index in [1.165, 1.54) is 0 Å². The summed E-state index contributed by atoms with van der Waals surface area (Å²) in [6.45, 7) is 7.15. The molecule has 92 valence electrons. The summed E-state index contributed by atoms with van der Waals surface area (Å²) in [6.07, 6.45) is 3.03. The van der Waals surface area contributed by atoms with Gasteiger partial charge in [0.2, 0.25) is 5.91 Å². The van der Waals surface area contributed by atoms with Gasteiger partial charge >= 0.3 is 0 Å². The second-order valence-corrected chi connectivity index (χ2v) is 5.32. The maximum Gasteiger partial charge on any atom is 0.249 e. The van der Waals surface area contributed by atoms with Gasteiger partial charge in [0.05, 0.1) is 0 Å². The van der Waals surface area contributed by atoms with Crippen molar-refractivity contribution in [2.75, 3.05) is 19.6 Å². The van der Waals surface area contributed by atoms with Crippen LogP contribution in [0.2, 0.25) is 0 Å². The largest absolute Gasteiger partial charge is 0.301 e. The monoisotopic (exact) mass is 226 g/mol. The number of carbonyl (C=O) groups excluding carboxylic acids is 1. The Kier molecular flexibility index (Phi) is 3.50. The van der Waals surface area contributed by atoms with Crippen LogP contribution in [-0.2, 0) is 4.79 Å². The zero-order valence-corrected chi connectivity index (χ0v) is 10.2. The summed E-state index contributed by atoms with van der Waals surface area (Å²) < 4.78 is 0. The Morgan fingerprint density at radius 1 is 1.19 bits per heavy atom. The van der Waals surface area contributed by atoms with Crippen molar-refractivity contribution in [1.82, 2.24) is 9.96 Å². The van der Waals surface area contributed by atoms with Crippen LogP contribution in [0.25, 0.3) is 0 Å². The summed E-state index contributed by atoms with van der Waals surface area (Å²) in [5.41, 5.74) is 0. The summed E-state index contributed by atoms with van der Waals surface area (Å²) in [5.74, 6) is 0.516. The van der Waals surface area contributed by atoms with E-state index in [0.29, 0.717) is 18.5 Å². The second-order valence-electron chi connectivity index (χ2n) is 5.32. The average Bonchev–Trinajstić information content (AvgIpc) is 2.60. The highest BCUT2D eigenvalue weighted by Crippen LogP contribution is 2.32. The Hall–Kier alpha value is -0.610. The number of hydrogen-bond donors (Lipinski definition) is 1. The molecular weight excluding hydrogens is 204 g/mol. The Morgan fingerprint density at radius 2 is 1.81 bits per heavy atom. The average molecular weight is 226 g/mol. The topological polar surface area (TPSA) is 43.8 Å². The van der Waals surface area contributed by atoms with Crippen molar-refractivity contribution < 1.29 is 10.0 Å². The number of likely N-dealkylation sites (tertiary alicyclic amines) is 1. The molecule has 2 heterocycles. The highest BCUT2D eigenvalue weighted by molar-refractivity contribution is 5.79. The molecule has 0 spiro atoms. The van der Waals surface area contributed by atoms with Crippen molar-refractivity contribution in [2.45, 2.75) is 39.2 Å². The van der Waals surface area contributed by atoms with Gasteiger partial charge in [0.15, 0.2) is 0 Å². The summed E-state index contributed by atoms with van der Waals surface area (Å²) in [4.78, 5) is 14.1. The predicted octanol–water partition coefficient (Wildman–Crippen LogP) is 1.34. The van der Waals surface area contributed by atoms with Gasteiger partial charge in [-0.05, 0) is 52.1 Å². The minimum Gasteiger partial charge on any atom is -0.301 e. The normalized spacial score (nSPS) is 29.4. The SMILES string of the molecule is CC(C)N1CCC(C2CCN(O)C2=O)CC1. The van der Waals surface area contributed by atoms with Gasteiger partial charge in [0.1, 0.15) is 0 Å². The van der Waals surface area contributed by atoms with Crippen LogP contribution in [0, 0.1) is 11.8 Å². The van der Waals surface area contributed by atoms with Crippen LogP contribution in [0.3, 0.4) is 0 Å². The molecule has 1 amide bonds. The first-order valence-electron chi connectivity index (χ1n) is 6.34. The molecule has 0 aromatic rings. The van der Waals surface area contributed by atoms with Crippen molar-refractivity contribution in [2.24, 2.45) is 11.8 Å². The van der Waals surface area contributed by atoms with Crippen LogP contribution in [0.5, 0.6) is 0 Å². The van der Waals surface area contributed by atoms with Crippen LogP contribution in [0.4, 0.5) is 0 Å². The van der Waals surface area contributed by atoms with Gasteiger partial charge in [0.25, 0.3) is 0 Å². The van der Waals surface area contributed by atoms with E-state index in [1.54, 1.807) is 0 Å². The molecule has 0 saturated carbocycles. The van der Waals surface area contributed by atoms with Crippen LogP contribution in [0.1, 0.15) is 33.1 Å². The smallest absolute Gasteiger partial charge is 0.249 e. The fourth-order valence-electron chi connectivity index (χ4n) is 2.96. The minimum atomic E-state index is -0.0528. The minimum absolute atomic E-state index is 0.0528. The number of hydroxylamine groups is 2. The van der Waals surface area contributed by atoms with Crippen molar-refractivity contribution in [3.8, 4) is 0 Å². The maximum atomic E-state index is 11.7. The van der Waals surface area contributed by atoms with Crippen molar-refractivity contribution in [3.63, 3.8) is 0 Å². The van der Waals surface area contributed by atoms with E-state index >= 15 is 0 Å². The van der Waals surface area contributed by atoms with Crippen LogP contribution >= 0.6 is 0 Å². The van der Waals surface area contributed by atoms with Crippen LogP contribution in [0.15, 0.2) is 0 Å². The lowest BCUT2D eigenvalue weighted by Gasteiger charge is -2.36. The molecule has 2 saturated heterocycles. The fraction of sp³-hybridized carbons (Fsp3) is 0.917. The van der Waals surface area contributed by atoms with E-state index in [4.69, 9.17) is 0 Å². The molecule has 1 unspecified atom stereocenters. The van der Waals surface area contributed by atoms with E-state index in [2.05, 4.69) is 18.7 Å². The number of piperidine rings is 1. The van der Waals surface area contributed by atoms with Gasteiger partial charge in [-0.1, -0.05) is 0 Å². The summed E-state index contributed by atoms with van der Waals surface area (Å²) in [6, 6.07) is 0.606. The highest BCUT2D eigenvalue weighted by Gasteiger charge is 2.38. The number of nitrogens with zero attached hydrogens (tertiary/aromatic N) is 2. The molecule has 0 aliphatic carbocycles. The molecule has 2 rings (SSSR count). The molecule has 0 radical (unpaired) electrons. The molecule has 2 aliphatic rings. The van der Waals surface area contributed by atoms with Gasteiger partial charge in [-0.15, -0.1) is 0 Å². The first kappa shape index (κ1) is 11.9. The van der Waals surface area contributed by atoms with Gasteiger partial charge in [0, 0.05) is 18.5 Å². The standard InChI is InChI=1S/C12H22N2O2/c1-9(2)13-6-3-10(4-7-13)11-5-8-14(16)12(11)15/h9-11,16H,3-8H2,1-2H3. The first-order chi connectivity index (χ1) is 7.59. The van der Waals surface area contributed by atoms with E-state index < -0.39 is 0 Å². The molecular formula is C12H22N2O2. The molecule has 0 bridgehead atoms. The van der Waals surface area contributed by atoms with Crippen molar-refractivity contribution in [1.29, 1.82) is 0 Å². The number of rotatable bonds is 2. The summed E-state index contributed by atoms with van der Waals surface area (Å²) >= 11 is 0. The third-order valence-electron chi connectivity index (χ3n) is 4.10. The number of amides is 1. The van der Waals surface area contributed by atoms with Crippen LogP contribution < -0.4 is 0 Å². The van der Waals surface area contributed by atoms with Gasteiger partial charge in [-0.3, -0.25) is 10.0 Å². The Morgan fingerprint density at radius 3 is 2.25 bits per heavy atom. The van der Waals surface area contributed by atoms with Crippen molar-refractivity contribution >= 4 is 5.91 Å². The second kappa shape index (κ2) is 4.72. The van der Waals surface area contributed by atoms with Gasteiger partial charge < -0.3 is 4.90 Å². The van der Waals surface area contributed by atoms with E-state index in [-0.39, 0.29) is 11.8 Å². The molecule has 4 heteroatoms. The Balaban J connectivity index is 1.87. The Bertz CT molecular complexity index is 260. The van der Waals surface area contributed by atoms with E-state index in [9.17, 15) is 10.0 Å². The molecule has 0 aromatic heterocycles. The quantitative estimate of drug-likeness (QED) is 0.723. The number of hydrogen-bond acceptors (Lipinski definition) is 3. The third kappa shape index (κ3) is 2.23. The molecule has 2 fully saturated rings. The van der Waals surface area contributed by atoms with Crippen LogP contribution in [-0.4, -0.2) is 46.8 Å². The highest BCUT2D eigenvalue weighted by atomic mass is 16.5. The maximum absolute atomic E-state index is 11.7. The number of carbonyl (C=O) groups is 1. The summed E-state index contributed by atoms with van der Waals surface area (Å²) in [5, 5.41) is 10.2. The first-order valence-corrected chi connectivity index (χ1v) is 6.34. The molecule has 0 aromatic carbocycles. The van der Waals surface area contributed by atoms with E-state index in [1.807, 2.05) is 0 Å². The van der Waals surface area contributed by atoms with Gasteiger partial charge in [-0.25, -0.2) is 5.06 Å². The van der Waals surface area contributed by atoms with Crippen molar-refractivity contribution in [3.05, 3.63) is 0 Å². The predicted molar refractivity (Wildman–Crippen MR) is 61.0 cm³/mol. The zero-order chi connectivity index (χ0) is 11.7. The zero-order valence-electron chi connectivity index (χ0n) is 10.2. The fourth-order valence-corrected chi connectivity index (χ4v) is 2.96. The van der Waals surface area contributed by atoms with Gasteiger partial charge in [-0.2, -0.15) is 0 Å². The molecule has 2 aliphatic heterocycles. The summed E-state index contributed by atoms with van der Waals surface area (Å²) in [7, 11) is 0. The lowest BCUT2D eigenvalue weighted by molar-refractivity contribution is -0.161. The lowest BCUT2D eigenvalue weighted by atomic mass is 9.83. The lowest BCUT2D eigenvalue weighted by Crippen LogP contribution is -2.41. The molecule has 1 atom stereocenters. The third-order valence-corrected chi connectivity index (χ3v) is 4.10. The molecule has 4 nitrogen and oxygen atoms in total.